The minimum absolute atomic E-state index is 0.194. The van der Waals surface area contributed by atoms with Crippen LogP contribution in [0.2, 0.25) is 5.02 Å². The van der Waals surface area contributed by atoms with Crippen LogP contribution in [-0.2, 0) is 0 Å². The van der Waals surface area contributed by atoms with Gasteiger partial charge >= 0.3 is 0 Å². The van der Waals surface area contributed by atoms with Crippen LogP contribution in [0.4, 0.5) is 13.2 Å². The summed E-state index contributed by atoms with van der Waals surface area (Å²) in [6, 6.07) is 7.60. The molecular weight excluding hydrogens is 341 g/mol. The van der Waals surface area contributed by atoms with Crippen molar-refractivity contribution in [3.05, 3.63) is 74.9 Å². The SMILES string of the molecule is Cc1n[nH]c(=O)c(-c2cc(F)cc(F)c2F)c1-c1ccc(Cl)cc1. The Morgan fingerprint density at radius 2 is 1.71 bits per heavy atom. The number of nitrogens with zero attached hydrogens (tertiary/aromatic N) is 1. The highest BCUT2D eigenvalue weighted by atomic mass is 35.5. The van der Waals surface area contributed by atoms with E-state index in [0.29, 0.717) is 22.3 Å². The number of aryl methyl sites for hydroxylation is 1. The summed E-state index contributed by atoms with van der Waals surface area (Å²) < 4.78 is 41.3. The average Bonchev–Trinajstić information content (AvgIpc) is 2.54. The van der Waals surface area contributed by atoms with E-state index in [0.717, 1.165) is 6.07 Å². The molecule has 1 heterocycles. The van der Waals surface area contributed by atoms with Crippen molar-refractivity contribution in [3.63, 3.8) is 0 Å². The predicted molar refractivity (Wildman–Crippen MR) is 85.4 cm³/mol. The van der Waals surface area contributed by atoms with Gasteiger partial charge < -0.3 is 0 Å². The lowest BCUT2D eigenvalue weighted by Gasteiger charge is -2.12. The first-order chi connectivity index (χ1) is 11.4. The smallest absolute Gasteiger partial charge is 0.267 e. The van der Waals surface area contributed by atoms with Gasteiger partial charge in [0.2, 0.25) is 0 Å². The molecule has 0 aliphatic heterocycles. The lowest BCUT2D eigenvalue weighted by molar-refractivity contribution is 0.497. The number of hydrogen-bond donors (Lipinski definition) is 1. The first-order valence-corrected chi connectivity index (χ1v) is 7.26. The summed E-state index contributed by atoms with van der Waals surface area (Å²) in [6.07, 6.45) is 0. The van der Waals surface area contributed by atoms with E-state index in [1.165, 1.54) is 0 Å². The number of rotatable bonds is 2. The Balaban J connectivity index is 2.39. The number of aromatic amines is 1. The summed E-state index contributed by atoms with van der Waals surface area (Å²) in [5.74, 6) is -3.66. The topological polar surface area (TPSA) is 45.8 Å². The average molecular weight is 351 g/mol. The van der Waals surface area contributed by atoms with E-state index in [2.05, 4.69) is 10.2 Å². The molecule has 3 nitrogen and oxygen atoms in total. The lowest BCUT2D eigenvalue weighted by Crippen LogP contribution is -2.15. The fourth-order valence-corrected chi connectivity index (χ4v) is 2.63. The second-order valence-corrected chi connectivity index (χ2v) is 5.58. The van der Waals surface area contributed by atoms with Crippen molar-refractivity contribution in [3.8, 4) is 22.3 Å². The molecule has 0 unspecified atom stereocenters. The number of H-pyrrole nitrogens is 1. The van der Waals surface area contributed by atoms with Crippen molar-refractivity contribution < 1.29 is 13.2 Å². The molecule has 7 heteroatoms. The van der Waals surface area contributed by atoms with Crippen LogP contribution in [0.5, 0.6) is 0 Å². The zero-order chi connectivity index (χ0) is 17.4. The number of nitrogens with one attached hydrogen (secondary N) is 1. The van der Waals surface area contributed by atoms with Crippen molar-refractivity contribution in [2.45, 2.75) is 6.92 Å². The molecular formula is C17H10ClF3N2O. The van der Waals surface area contributed by atoms with Crippen LogP contribution in [0.3, 0.4) is 0 Å². The molecule has 0 spiro atoms. The highest BCUT2D eigenvalue weighted by molar-refractivity contribution is 6.30. The monoisotopic (exact) mass is 350 g/mol. The predicted octanol–water partition coefficient (Wildman–Crippen LogP) is 4.48. The van der Waals surface area contributed by atoms with Gasteiger partial charge in [0.15, 0.2) is 11.6 Å². The Hall–Kier alpha value is -2.60. The van der Waals surface area contributed by atoms with Crippen LogP contribution in [0.15, 0.2) is 41.2 Å². The largest absolute Gasteiger partial charge is 0.272 e. The molecule has 0 radical (unpaired) electrons. The zero-order valence-electron chi connectivity index (χ0n) is 12.3. The lowest BCUT2D eigenvalue weighted by atomic mass is 9.94. The van der Waals surface area contributed by atoms with E-state index < -0.39 is 28.6 Å². The number of halogens is 4. The maximum Gasteiger partial charge on any atom is 0.272 e. The molecule has 0 aliphatic carbocycles. The molecule has 3 rings (SSSR count). The molecule has 0 fully saturated rings. The summed E-state index contributed by atoms with van der Waals surface area (Å²) >= 11 is 5.85. The molecule has 0 bridgehead atoms. The first kappa shape index (κ1) is 16.3. The first-order valence-electron chi connectivity index (χ1n) is 6.88. The molecule has 0 amide bonds. The maximum absolute atomic E-state index is 14.2. The van der Waals surface area contributed by atoms with Gasteiger partial charge in [-0.05, 0) is 30.7 Å². The van der Waals surface area contributed by atoms with Gasteiger partial charge in [0, 0.05) is 22.2 Å². The number of aromatic nitrogens is 2. The Morgan fingerprint density at radius 1 is 1.04 bits per heavy atom. The molecule has 0 saturated heterocycles. The summed E-state index contributed by atoms with van der Waals surface area (Å²) in [4.78, 5) is 12.3. The summed E-state index contributed by atoms with van der Waals surface area (Å²) in [5, 5.41) is 6.54. The van der Waals surface area contributed by atoms with E-state index >= 15 is 0 Å². The number of benzene rings is 2. The fourth-order valence-electron chi connectivity index (χ4n) is 2.51. The molecule has 0 aliphatic rings. The van der Waals surface area contributed by atoms with Crippen LogP contribution in [0.1, 0.15) is 5.69 Å². The summed E-state index contributed by atoms with van der Waals surface area (Å²) in [5.41, 5.74) is -0.246. The van der Waals surface area contributed by atoms with Crippen LogP contribution in [0, 0.1) is 24.4 Å². The van der Waals surface area contributed by atoms with Gasteiger partial charge in [-0.15, -0.1) is 0 Å². The van der Waals surface area contributed by atoms with Gasteiger partial charge in [0.25, 0.3) is 5.56 Å². The highest BCUT2D eigenvalue weighted by Gasteiger charge is 2.21. The molecule has 1 N–H and O–H groups in total. The van der Waals surface area contributed by atoms with E-state index in [1.54, 1.807) is 31.2 Å². The molecule has 0 atom stereocenters. The zero-order valence-corrected chi connectivity index (χ0v) is 13.1. The third kappa shape index (κ3) is 2.80. The standard InChI is InChI=1S/C17H10ClF3N2O/c1-8-14(9-2-4-10(18)5-3-9)15(17(24)23-22-8)12-6-11(19)7-13(20)16(12)21/h2-7H,1H3,(H,23,24). The minimum atomic E-state index is -1.37. The Kier molecular flexibility index (Phi) is 4.15. The van der Waals surface area contributed by atoms with Crippen LogP contribution in [0.25, 0.3) is 22.3 Å². The van der Waals surface area contributed by atoms with Gasteiger partial charge in [-0.2, -0.15) is 5.10 Å². The van der Waals surface area contributed by atoms with Crippen molar-refractivity contribution >= 4 is 11.6 Å². The third-order valence-electron chi connectivity index (χ3n) is 3.56. The van der Waals surface area contributed by atoms with Gasteiger partial charge in [-0.3, -0.25) is 4.79 Å². The van der Waals surface area contributed by atoms with E-state index in [-0.39, 0.29) is 11.1 Å². The van der Waals surface area contributed by atoms with E-state index in [1.807, 2.05) is 0 Å². The van der Waals surface area contributed by atoms with Gasteiger partial charge in [0.05, 0.1) is 11.3 Å². The fraction of sp³-hybridized carbons (Fsp3) is 0.0588. The quantitative estimate of drug-likeness (QED) is 0.692. The molecule has 24 heavy (non-hydrogen) atoms. The Bertz CT molecular complexity index is 984. The number of hydrogen-bond acceptors (Lipinski definition) is 2. The summed E-state index contributed by atoms with van der Waals surface area (Å²) in [6.45, 7) is 1.59. The van der Waals surface area contributed by atoms with Crippen LogP contribution >= 0.6 is 11.6 Å². The van der Waals surface area contributed by atoms with Crippen LogP contribution in [-0.4, -0.2) is 10.2 Å². The normalized spacial score (nSPS) is 10.9. The van der Waals surface area contributed by atoms with Crippen molar-refractivity contribution in [1.82, 2.24) is 10.2 Å². The second-order valence-electron chi connectivity index (χ2n) is 5.14. The van der Waals surface area contributed by atoms with Crippen LogP contribution < -0.4 is 5.56 Å². The molecule has 122 valence electrons. The van der Waals surface area contributed by atoms with Gasteiger partial charge in [-0.1, -0.05) is 23.7 Å². The van der Waals surface area contributed by atoms with Crippen molar-refractivity contribution in [2.75, 3.05) is 0 Å². The van der Waals surface area contributed by atoms with Crippen molar-refractivity contribution in [1.29, 1.82) is 0 Å². The molecule has 3 aromatic rings. The minimum Gasteiger partial charge on any atom is -0.267 e. The van der Waals surface area contributed by atoms with Crippen molar-refractivity contribution in [2.24, 2.45) is 0 Å². The Morgan fingerprint density at radius 3 is 2.38 bits per heavy atom. The Labute approximate surface area is 139 Å². The maximum atomic E-state index is 14.2. The van der Waals surface area contributed by atoms with Gasteiger partial charge in [-0.25, -0.2) is 18.3 Å². The third-order valence-corrected chi connectivity index (χ3v) is 3.81. The summed E-state index contributed by atoms with van der Waals surface area (Å²) in [7, 11) is 0. The molecule has 1 aromatic heterocycles. The molecule has 0 saturated carbocycles. The van der Waals surface area contributed by atoms with Gasteiger partial charge in [0.1, 0.15) is 5.82 Å². The van der Waals surface area contributed by atoms with E-state index in [4.69, 9.17) is 11.6 Å². The second kappa shape index (κ2) is 6.13. The highest BCUT2D eigenvalue weighted by Crippen LogP contribution is 2.34. The van der Waals surface area contributed by atoms with E-state index in [9.17, 15) is 18.0 Å². The molecule has 2 aromatic carbocycles.